The zero-order chi connectivity index (χ0) is 14.3. The number of hydrogen-bond donors (Lipinski definition) is 3. The summed E-state index contributed by atoms with van der Waals surface area (Å²) in [7, 11) is 0. The Balaban J connectivity index is 2.26. The Morgan fingerprint density at radius 3 is 2.89 bits per heavy atom. The number of rotatable bonds is 6. The first-order chi connectivity index (χ1) is 8.97. The normalized spacial score (nSPS) is 9.95. The summed E-state index contributed by atoms with van der Waals surface area (Å²) in [6.45, 7) is 1.31. The van der Waals surface area contributed by atoms with Crippen LogP contribution in [0.25, 0.3) is 0 Å². The number of nitrogens with one attached hydrogen (secondary N) is 1. The number of carbonyl (C=O) groups is 2. The molecule has 0 saturated carbocycles. The number of thiazole rings is 1. The molecule has 0 bridgehead atoms. The standard InChI is InChI=1S/C10H15N5O2S2/c1-6(16)13-8(17)2-3-18-4-7-5-19-10(14-7)15-9(11)12/h5H,2-4H2,1H3,(H,13,16,17)(H4,11,12,14,15). The molecule has 0 fully saturated rings. The molecule has 0 radical (unpaired) electrons. The summed E-state index contributed by atoms with van der Waals surface area (Å²) in [5, 5.41) is 4.60. The van der Waals surface area contributed by atoms with Crippen LogP contribution in [0.4, 0.5) is 5.13 Å². The lowest BCUT2D eigenvalue weighted by atomic mass is 10.4. The summed E-state index contributed by atoms with van der Waals surface area (Å²) in [5.74, 6) is 0.670. The summed E-state index contributed by atoms with van der Waals surface area (Å²) in [5.41, 5.74) is 11.4. The Hall–Kier alpha value is -1.61. The monoisotopic (exact) mass is 301 g/mol. The summed E-state index contributed by atoms with van der Waals surface area (Å²) in [6, 6.07) is 0. The van der Waals surface area contributed by atoms with Crippen LogP contribution in [0.15, 0.2) is 10.4 Å². The van der Waals surface area contributed by atoms with Crippen molar-refractivity contribution in [2.75, 3.05) is 5.75 Å². The highest BCUT2D eigenvalue weighted by atomic mass is 32.2. The molecule has 0 aliphatic carbocycles. The van der Waals surface area contributed by atoms with Crippen LogP contribution < -0.4 is 16.8 Å². The van der Waals surface area contributed by atoms with Crippen molar-refractivity contribution in [2.24, 2.45) is 16.5 Å². The second-order valence-electron chi connectivity index (χ2n) is 3.57. The number of guanidine groups is 1. The van der Waals surface area contributed by atoms with Crippen molar-refractivity contribution < 1.29 is 9.59 Å². The van der Waals surface area contributed by atoms with E-state index < -0.39 is 0 Å². The SMILES string of the molecule is CC(=O)NC(=O)CCSCc1csc(N=C(N)N)n1. The molecule has 1 heterocycles. The van der Waals surface area contributed by atoms with Gasteiger partial charge in [0.2, 0.25) is 16.9 Å². The number of aromatic nitrogens is 1. The van der Waals surface area contributed by atoms with Gasteiger partial charge in [0.1, 0.15) is 0 Å². The van der Waals surface area contributed by atoms with E-state index in [2.05, 4.69) is 15.3 Å². The number of thioether (sulfide) groups is 1. The van der Waals surface area contributed by atoms with Gasteiger partial charge in [-0.3, -0.25) is 14.9 Å². The van der Waals surface area contributed by atoms with Crippen molar-refractivity contribution in [3.05, 3.63) is 11.1 Å². The molecular formula is C10H15N5O2S2. The first-order valence-corrected chi connectivity index (χ1v) is 7.43. The highest BCUT2D eigenvalue weighted by Crippen LogP contribution is 2.21. The van der Waals surface area contributed by atoms with Crippen LogP contribution >= 0.6 is 23.1 Å². The second-order valence-corrected chi connectivity index (χ2v) is 5.51. The Kier molecular flexibility index (Phi) is 6.30. The summed E-state index contributed by atoms with van der Waals surface area (Å²) >= 11 is 2.91. The minimum Gasteiger partial charge on any atom is -0.370 e. The molecule has 0 aliphatic rings. The molecule has 1 aromatic rings. The van der Waals surface area contributed by atoms with Gasteiger partial charge in [-0.25, -0.2) is 4.98 Å². The van der Waals surface area contributed by atoms with Crippen molar-refractivity contribution in [1.29, 1.82) is 0 Å². The lowest BCUT2D eigenvalue weighted by Gasteiger charge is -2.00. The van der Waals surface area contributed by atoms with E-state index in [-0.39, 0.29) is 17.8 Å². The number of nitrogens with zero attached hydrogens (tertiary/aromatic N) is 2. The quantitative estimate of drug-likeness (QED) is 0.395. The van der Waals surface area contributed by atoms with Crippen LogP contribution in [0.1, 0.15) is 19.0 Å². The van der Waals surface area contributed by atoms with Crippen molar-refractivity contribution in [2.45, 2.75) is 19.1 Å². The average molecular weight is 301 g/mol. The van der Waals surface area contributed by atoms with Gasteiger partial charge < -0.3 is 11.5 Å². The largest absolute Gasteiger partial charge is 0.370 e. The van der Waals surface area contributed by atoms with Crippen LogP contribution in [0.3, 0.4) is 0 Å². The average Bonchev–Trinajstić information content (AvgIpc) is 2.70. The molecule has 0 unspecified atom stereocenters. The van der Waals surface area contributed by atoms with Crippen molar-refractivity contribution >= 4 is 46.0 Å². The van der Waals surface area contributed by atoms with E-state index in [1.165, 1.54) is 18.3 Å². The smallest absolute Gasteiger partial charge is 0.227 e. The van der Waals surface area contributed by atoms with Crippen molar-refractivity contribution in [1.82, 2.24) is 10.3 Å². The molecule has 0 saturated heterocycles. The van der Waals surface area contributed by atoms with Gasteiger partial charge in [0.05, 0.1) is 5.69 Å². The van der Waals surface area contributed by atoms with Gasteiger partial charge in [-0.15, -0.1) is 11.3 Å². The molecule has 5 N–H and O–H groups in total. The third kappa shape index (κ3) is 6.77. The Morgan fingerprint density at radius 2 is 2.26 bits per heavy atom. The second kappa shape index (κ2) is 7.74. The molecule has 0 spiro atoms. The van der Waals surface area contributed by atoms with Crippen molar-refractivity contribution in [3.8, 4) is 0 Å². The zero-order valence-corrected chi connectivity index (χ0v) is 12.0. The first kappa shape index (κ1) is 15.4. The maximum atomic E-state index is 11.2. The van der Waals surface area contributed by atoms with E-state index in [9.17, 15) is 9.59 Å². The molecular weight excluding hydrogens is 286 g/mol. The van der Waals surface area contributed by atoms with Gasteiger partial charge in [0.15, 0.2) is 5.96 Å². The van der Waals surface area contributed by atoms with Crippen LogP contribution in [0.2, 0.25) is 0 Å². The van der Waals surface area contributed by atoms with Crippen LogP contribution in [-0.4, -0.2) is 28.5 Å². The summed E-state index contributed by atoms with van der Waals surface area (Å²) in [6.07, 6.45) is 0.301. The van der Waals surface area contributed by atoms with Gasteiger partial charge in [0.25, 0.3) is 0 Å². The minimum absolute atomic E-state index is 0.0190. The molecule has 0 aromatic carbocycles. The highest BCUT2D eigenvalue weighted by molar-refractivity contribution is 7.98. The van der Waals surface area contributed by atoms with E-state index >= 15 is 0 Å². The Bertz CT molecular complexity index is 482. The first-order valence-electron chi connectivity index (χ1n) is 5.39. The molecule has 1 aromatic heterocycles. The van der Waals surface area contributed by atoms with E-state index in [1.54, 1.807) is 11.8 Å². The summed E-state index contributed by atoms with van der Waals surface area (Å²) < 4.78 is 0. The van der Waals surface area contributed by atoms with Gasteiger partial charge in [-0.1, -0.05) is 0 Å². The fourth-order valence-electron chi connectivity index (χ4n) is 1.12. The predicted molar refractivity (Wildman–Crippen MR) is 77.2 cm³/mol. The van der Waals surface area contributed by atoms with Gasteiger partial charge in [-0.2, -0.15) is 16.8 Å². The van der Waals surface area contributed by atoms with Gasteiger partial charge >= 0.3 is 0 Å². The van der Waals surface area contributed by atoms with Crippen LogP contribution in [0, 0.1) is 0 Å². The van der Waals surface area contributed by atoms with E-state index in [0.717, 1.165) is 5.69 Å². The molecule has 19 heavy (non-hydrogen) atoms. The van der Waals surface area contributed by atoms with Crippen LogP contribution in [0.5, 0.6) is 0 Å². The maximum Gasteiger partial charge on any atom is 0.227 e. The molecule has 2 amide bonds. The summed E-state index contributed by atoms with van der Waals surface area (Å²) in [4.78, 5) is 29.9. The lowest BCUT2D eigenvalue weighted by molar-refractivity contribution is -0.128. The van der Waals surface area contributed by atoms with Gasteiger partial charge in [0, 0.05) is 30.2 Å². The number of nitrogens with two attached hydrogens (primary N) is 2. The number of imide groups is 1. The molecule has 1 rings (SSSR count). The number of amides is 2. The molecule has 0 aliphatic heterocycles. The Labute approximate surface area is 118 Å². The van der Waals surface area contributed by atoms with Crippen LogP contribution in [-0.2, 0) is 15.3 Å². The molecule has 9 heteroatoms. The minimum atomic E-state index is -0.337. The highest BCUT2D eigenvalue weighted by Gasteiger charge is 2.05. The molecule has 104 valence electrons. The predicted octanol–water partition coefficient (Wildman–Crippen LogP) is 0.334. The third-order valence-electron chi connectivity index (χ3n) is 1.80. The van der Waals surface area contributed by atoms with Crippen molar-refractivity contribution in [3.63, 3.8) is 0 Å². The third-order valence-corrected chi connectivity index (χ3v) is 3.58. The van der Waals surface area contributed by atoms with E-state index in [1.807, 2.05) is 5.38 Å². The van der Waals surface area contributed by atoms with E-state index in [4.69, 9.17) is 11.5 Å². The Morgan fingerprint density at radius 1 is 1.53 bits per heavy atom. The maximum absolute atomic E-state index is 11.2. The molecule has 7 nitrogen and oxygen atoms in total. The van der Waals surface area contributed by atoms with Gasteiger partial charge in [-0.05, 0) is 0 Å². The number of aliphatic imine (C=N–C) groups is 1. The lowest BCUT2D eigenvalue weighted by Crippen LogP contribution is -2.28. The topological polar surface area (TPSA) is 123 Å². The fraction of sp³-hybridized carbons (Fsp3) is 0.400. The number of hydrogen-bond acceptors (Lipinski definition) is 6. The number of carbonyl (C=O) groups excluding carboxylic acids is 2. The zero-order valence-electron chi connectivity index (χ0n) is 10.4. The van der Waals surface area contributed by atoms with E-state index in [0.29, 0.717) is 23.1 Å². The fourth-order valence-corrected chi connectivity index (χ4v) is 2.77. The molecule has 0 atom stereocenters.